The number of halogens is 1. The lowest BCUT2D eigenvalue weighted by molar-refractivity contribution is -0.136. The summed E-state index contributed by atoms with van der Waals surface area (Å²) in [5.41, 5.74) is 0.880. The van der Waals surface area contributed by atoms with Gasteiger partial charge in [0.05, 0.1) is 12.1 Å². The Morgan fingerprint density at radius 2 is 2.12 bits per heavy atom. The average Bonchev–Trinajstić information content (AvgIpc) is 2.23. The van der Waals surface area contributed by atoms with Crippen LogP contribution in [0.1, 0.15) is 12.0 Å². The zero-order chi connectivity index (χ0) is 12.8. The SMILES string of the molecule is Cc1ccc(F)c(NC(=O)NCCC(=O)O)c1. The van der Waals surface area contributed by atoms with Crippen LogP contribution < -0.4 is 10.6 Å². The van der Waals surface area contributed by atoms with E-state index in [1.54, 1.807) is 13.0 Å². The number of carboxylic acid groups (broad SMARTS) is 1. The Morgan fingerprint density at radius 1 is 1.41 bits per heavy atom. The Morgan fingerprint density at radius 3 is 2.76 bits per heavy atom. The summed E-state index contributed by atoms with van der Waals surface area (Å²) in [4.78, 5) is 21.5. The van der Waals surface area contributed by atoms with E-state index < -0.39 is 17.8 Å². The molecule has 0 aliphatic heterocycles. The van der Waals surface area contributed by atoms with Crippen LogP contribution in [0.5, 0.6) is 0 Å². The van der Waals surface area contributed by atoms with E-state index in [4.69, 9.17) is 5.11 Å². The van der Waals surface area contributed by atoms with Crippen LogP contribution in [0.2, 0.25) is 0 Å². The number of nitrogens with one attached hydrogen (secondary N) is 2. The lowest BCUT2D eigenvalue weighted by atomic mass is 10.2. The molecule has 0 spiro atoms. The van der Waals surface area contributed by atoms with Gasteiger partial charge in [0.2, 0.25) is 0 Å². The number of carbonyl (C=O) groups excluding carboxylic acids is 1. The van der Waals surface area contributed by atoms with E-state index in [0.29, 0.717) is 0 Å². The van der Waals surface area contributed by atoms with Gasteiger partial charge in [0.1, 0.15) is 5.82 Å². The van der Waals surface area contributed by atoms with E-state index in [9.17, 15) is 14.0 Å². The van der Waals surface area contributed by atoms with E-state index >= 15 is 0 Å². The smallest absolute Gasteiger partial charge is 0.319 e. The molecular weight excluding hydrogens is 227 g/mol. The van der Waals surface area contributed by atoms with Gasteiger partial charge < -0.3 is 15.7 Å². The molecule has 1 rings (SSSR count). The van der Waals surface area contributed by atoms with Crippen molar-refractivity contribution in [1.29, 1.82) is 0 Å². The predicted molar refractivity (Wildman–Crippen MR) is 60.4 cm³/mol. The van der Waals surface area contributed by atoms with Crippen molar-refractivity contribution in [3.8, 4) is 0 Å². The lowest BCUT2D eigenvalue weighted by Crippen LogP contribution is -2.30. The zero-order valence-electron chi connectivity index (χ0n) is 9.29. The van der Waals surface area contributed by atoms with Crippen molar-refractivity contribution in [2.45, 2.75) is 13.3 Å². The fraction of sp³-hybridized carbons (Fsp3) is 0.273. The number of benzene rings is 1. The monoisotopic (exact) mass is 240 g/mol. The van der Waals surface area contributed by atoms with E-state index in [1.807, 2.05) is 0 Å². The molecule has 17 heavy (non-hydrogen) atoms. The Balaban J connectivity index is 2.50. The highest BCUT2D eigenvalue weighted by Gasteiger charge is 2.07. The second-order valence-corrected chi connectivity index (χ2v) is 3.51. The number of hydrogen-bond donors (Lipinski definition) is 3. The van der Waals surface area contributed by atoms with Gasteiger partial charge in [-0.25, -0.2) is 9.18 Å². The first-order chi connectivity index (χ1) is 7.99. The quantitative estimate of drug-likeness (QED) is 0.749. The minimum atomic E-state index is -1.01. The van der Waals surface area contributed by atoms with Crippen molar-refractivity contribution in [3.63, 3.8) is 0 Å². The molecule has 1 aromatic rings. The summed E-state index contributed by atoms with van der Waals surface area (Å²) >= 11 is 0. The highest BCUT2D eigenvalue weighted by Crippen LogP contribution is 2.15. The van der Waals surface area contributed by atoms with E-state index in [1.165, 1.54) is 12.1 Å². The third kappa shape index (κ3) is 4.50. The summed E-state index contributed by atoms with van der Waals surface area (Å²) in [5.74, 6) is -1.55. The van der Waals surface area contributed by atoms with Gasteiger partial charge in [0.15, 0.2) is 0 Å². The maximum atomic E-state index is 13.2. The number of carbonyl (C=O) groups is 2. The van der Waals surface area contributed by atoms with Crippen molar-refractivity contribution in [2.24, 2.45) is 0 Å². The molecule has 0 fully saturated rings. The molecule has 92 valence electrons. The lowest BCUT2D eigenvalue weighted by Gasteiger charge is -2.08. The predicted octanol–water partition coefficient (Wildman–Crippen LogP) is 1.73. The average molecular weight is 240 g/mol. The van der Waals surface area contributed by atoms with Gasteiger partial charge in [0.25, 0.3) is 0 Å². The minimum Gasteiger partial charge on any atom is -0.481 e. The number of amides is 2. The molecule has 0 aliphatic rings. The molecular formula is C11H13FN2O3. The molecule has 6 heteroatoms. The molecule has 0 saturated heterocycles. The summed E-state index contributed by atoms with van der Waals surface area (Å²) in [6.45, 7) is 1.77. The van der Waals surface area contributed by atoms with Gasteiger partial charge in [-0.3, -0.25) is 4.79 Å². The third-order valence-electron chi connectivity index (χ3n) is 1.99. The topological polar surface area (TPSA) is 78.4 Å². The summed E-state index contributed by atoms with van der Waals surface area (Å²) in [7, 11) is 0. The normalized spacial score (nSPS) is 9.76. The molecule has 1 aromatic carbocycles. The Kier molecular flexibility index (Phi) is 4.45. The van der Waals surface area contributed by atoms with Gasteiger partial charge in [-0.2, -0.15) is 0 Å². The zero-order valence-corrected chi connectivity index (χ0v) is 9.29. The van der Waals surface area contributed by atoms with Crippen LogP contribution in [0.4, 0.5) is 14.9 Å². The number of hydrogen-bond acceptors (Lipinski definition) is 2. The van der Waals surface area contributed by atoms with Gasteiger partial charge >= 0.3 is 12.0 Å². The van der Waals surface area contributed by atoms with Gasteiger partial charge in [0, 0.05) is 6.54 Å². The van der Waals surface area contributed by atoms with Crippen LogP contribution >= 0.6 is 0 Å². The summed E-state index contributed by atoms with van der Waals surface area (Å²) in [5, 5.41) is 13.0. The molecule has 0 saturated carbocycles. The molecule has 0 heterocycles. The maximum absolute atomic E-state index is 13.2. The molecule has 0 radical (unpaired) electrons. The van der Waals surface area contributed by atoms with Crippen molar-refractivity contribution in [3.05, 3.63) is 29.6 Å². The Hall–Kier alpha value is -2.11. The van der Waals surface area contributed by atoms with Crippen molar-refractivity contribution in [2.75, 3.05) is 11.9 Å². The number of aliphatic carboxylic acids is 1. The van der Waals surface area contributed by atoms with Crippen LogP contribution in [-0.4, -0.2) is 23.7 Å². The molecule has 3 N–H and O–H groups in total. The van der Waals surface area contributed by atoms with Crippen molar-refractivity contribution >= 4 is 17.7 Å². The van der Waals surface area contributed by atoms with Crippen LogP contribution in [0.25, 0.3) is 0 Å². The fourth-order valence-corrected chi connectivity index (χ4v) is 1.18. The Bertz CT molecular complexity index is 435. The standard InChI is InChI=1S/C11H13FN2O3/c1-7-2-3-8(12)9(6-7)14-11(17)13-5-4-10(15)16/h2-3,6H,4-5H2,1H3,(H,15,16)(H2,13,14,17). The summed E-state index contributed by atoms with van der Waals surface area (Å²) < 4.78 is 13.2. The first-order valence-corrected chi connectivity index (χ1v) is 5.02. The van der Waals surface area contributed by atoms with Crippen molar-refractivity contribution in [1.82, 2.24) is 5.32 Å². The molecule has 0 aromatic heterocycles. The number of rotatable bonds is 4. The molecule has 0 unspecified atom stereocenters. The number of carboxylic acids is 1. The van der Waals surface area contributed by atoms with Crippen LogP contribution in [0.15, 0.2) is 18.2 Å². The highest BCUT2D eigenvalue weighted by molar-refractivity contribution is 5.89. The van der Waals surface area contributed by atoms with Crippen LogP contribution in [0.3, 0.4) is 0 Å². The van der Waals surface area contributed by atoms with Gasteiger partial charge in [-0.15, -0.1) is 0 Å². The third-order valence-corrected chi connectivity index (χ3v) is 1.99. The van der Waals surface area contributed by atoms with Gasteiger partial charge in [-0.05, 0) is 24.6 Å². The highest BCUT2D eigenvalue weighted by atomic mass is 19.1. The molecule has 2 amide bonds. The van der Waals surface area contributed by atoms with Crippen LogP contribution in [-0.2, 0) is 4.79 Å². The molecule has 0 bridgehead atoms. The number of anilines is 1. The largest absolute Gasteiger partial charge is 0.481 e. The number of urea groups is 1. The van der Waals surface area contributed by atoms with Crippen molar-refractivity contribution < 1.29 is 19.1 Å². The molecule has 0 atom stereocenters. The molecule has 5 nitrogen and oxygen atoms in total. The van der Waals surface area contributed by atoms with Gasteiger partial charge in [-0.1, -0.05) is 6.07 Å². The maximum Gasteiger partial charge on any atom is 0.319 e. The Labute approximate surface area is 97.6 Å². The first-order valence-electron chi connectivity index (χ1n) is 5.02. The first kappa shape index (κ1) is 13.0. The summed E-state index contributed by atoms with van der Waals surface area (Å²) in [6.07, 6.45) is -0.177. The van der Waals surface area contributed by atoms with E-state index in [-0.39, 0.29) is 18.7 Å². The van der Waals surface area contributed by atoms with Crippen LogP contribution in [0, 0.1) is 12.7 Å². The van der Waals surface area contributed by atoms with E-state index in [2.05, 4.69) is 10.6 Å². The van der Waals surface area contributed by atoms with E-state index in [0.717, 1.165) is 5.56 Å². The second-order valence-electron chi connectivity index (χ2n) is 3.51. The number of aryl methyl sites for hydroxylation is 1. The summed E-state index contributed by atoms with van der Waals surface area (Å²) in [6, 6.07) is 3.70. The minimum absolute atomic E-state index is 0.00536. The molecule has 0 aliphatic carbocycles. The fourth-order valence-electron chi connectivity index (χ4n) is 1.18. The second kappa shape index (κ2) is 5.83.